The molecule has 2 rings (SSSR count). The number of rotatable bonds is 1. The summed E-state index contributed by atoms with van der Waals surface area (Å²) in [7, 11) is 0. The standard InChI is InChI=1S/C12H14N4S/c1-6-3-4-8(7(2)5-6)9-10(13)15-12(17)16-11(9)14/h3-5H,1-2H3,(H5,13,14,15,16,17). The molecular formula is C12H14N4S. The highest BCUT2D eigenvalue weighted by Gasteiger charge is 2.11. The molecule has 88 valence electrons. The molecule has 0 bridgehead atoms. The monoisotopic (exact) mass is 246 g/mol. The molecule has 0 aliphatic carbocycles. The molecule has 1 aromatic carbocycles. The fraction of sp³-hybridized carbons (Fsp3) is 0.167. The Morgan fingerprint density at radius 3 is 2.53 bits per heavy atom. The molecule has 0 saturated heterocycles. The Labute approximate surface area is 105 Å². The van der Waals surface area contributed by atoms with Gasteiger partial charge in [-0.1, -0.05) is 23.8 Å². The number of nitrogens with one attached hydrogen (secondary N) is 1. The highest BCUT2D eigenvalue weighted by molar-refractivity contribution is 7.71. The first-order chi connectivity index (χ1) is 7.99. The van der Waals surface area contributed by atoms with Crippen LogP contribution in [0.1, 0.15) is 11.1 Å². The normalized spacial score (nSPS) is 10.5. The van der Waals surface area contributed by atoms with Crippen LogP contribution in [0.3, 0.4) is 0 Å². The molecule has 0 aliphatic rings. The highest BCUT2D eigenvalue weighted by atomic mass is 32.1. The maximum Gasteiger partial charge on any atom is 0.200 e. The van der Waals surface area contributed by atoms with Gasteiger partial charge in [-0.3, -0.25) is 0 Å². The molecule has 0 amide bonds. The molecule has 0 radical (unpaired) electrons. The number of aryl methyl sites for hydroxylation is 2. The number of hydrogen-bond donors (Lipinski definition) is 3. The van der Waals surface area contributed by atoms with Crippen LogP contribution in [0.25, 0.3) is 11.1 Å². The molecule has 5 N–H and O–H groups in total. The maximum absolute atomic E-state index is 5.92. The average molecular weight is 246 g/mol. The van der Waals surface area contributed by atoms with Crippen LogP contribution in [0.5, 0.6) is 0 Å². The second-order valence-electron chi connectivity index (χ2n) is 4.03. The summed E-state index contributed by atoms with van der Waals surface area (Å²) in [6.07, 6.45) is 0. The van der Waals surface area contributed by atoms with E-state index in [1.807, 2.05) is 26.0 Å². The first-order valence-corrected chi connectivity index (χ1v) is 5.62. The van der Waals surface area contributed by atoms with Gasteiger partial charge < -0.3 is 16.5 Å². The molecule has 0 saturated carbocycles. The molecule has 2 aromatic rings. The lowest BCUT2D eigenvalue weighted by Crippen LogP contribution is -2.03. The Hall–Kier alpha value is -1.88. The van der Waals surface area contributed by atoms with Gasteiger partial charge in [0.1, 0.15) is 11.6 Å². The van der Waals surface area contributed by atoms with Gasteiger partial charge in [-0.15, -0.1) is 0 Å². The van der Waals surface area contributed by atoms with Crippen molar-refractivity contribution in [2.75, 3.05) is 11.5 Å². The summed E-state index contributed by atoms with van der Waals surface area (Å²) in [5, 5.41) is 0. The van der Waals surface area contributed by atoms with Gasteiger partial charge in [-0.25, -0.2) is 4.98 Å². The molecule has 0 aliphatic heterocycles. The van der Waals surface area contributed by atoms with Crippen LogP contribution < -0.4 is 11.5 Å². The number of aromatic amines is 1. The summed E-state index contributed by atoms with van der Waals surface area (Å²) in [5.74, 6) is 0.813. The summed E-state index contributed by atoms with van der Waals surface area (Å²) < 4.78 is 0.300. The van der Waals surface area contributed by atoms with Crippen LogP contribution in [-0.2, 0) is 0 Å². The van der Waals surface area contributed by atoms with Crippen LogP contribution in [0.2, 0.25) is 0 Å². The number of benzene rings is 1. The van der Waals surface area contributed by atoms with Crippen LogP contribution >= 0.6 is 12.2 Å². The number of nitrogens with zero attached hydrogens (tertiary/aromatic N) is 1. The lowest BCUT2D eigenvalue weighted by atomic mass is 9.99. The van der Waals surface area contributed by atoms with E-state index < -0.39 is 0 Å². The minimum atomic E-state index is 0.300. The van der Waals surface area contributed by atoms with Gasteiger partial charge >= 0.3 is 0 Å². The predicted octanol–water partition coefficient (Wildman–Crippen LogP) is 2.59. The van der Waals surface area contributed by atoms with Crippen LogP contribution in [0, 0.1) is 18.6 Å². The number of aromatic nitrogens is 2. The average Bonchev–Trinajstić information content (AvgIpc) is 2.19. The van der Waals surface area contributed by atoms with E-state index in [2.05, 4.69) is 16.0 Å². The van der Waals surface area contributed by atoms with Gasteiger partial charge in [-0.2, -0.15) is 0 Å². The first kappa shape index (κ1) is 11.6. The Balaban J connectivity index is 2.73. The van der Waals surface area contributed by atoms with E-state index in [4.69, 9.17) is 23.7 Å². The van der Waals surface area contributed by atoms with E-state index in [0.29, 0.717) is 16.4 Å². The van der Waals surface area contributed by atoms with Crippen molar-refractivity contribution in [3.8, 4) is 11.1 Å². The molecule has 17 heavy (non-hydrogen) atoms. The lowest BCUT2D eigenvalue weighted by Gasteiger charge is -2.11. The van der Waals surface area contributed by atoms with Crippen molar-refractivity contribution in [2.24, 2.45) is 0 Å². The van der Waals surface area contributed by atoms with E-state index in [1.54, 1.807) is 0 Å². The Bertz CT molecular complexity index is 605. The summed E-state index contributed by atoms with van der Waals surface area (Å²) in [6.45, 7) is 4.06. The van der Waals surface area contributed by atoms with Gasteiger partial charge in [0, 0.05) is 0 Å². The molecule has 1 aromatic heterocycles. The SMILES string of the molecule is Cc1ccc(-c2c(N)nc(=S)[nH]c2N)c(C)c1. The fourth-order valence-electron chi connectivity index (χ4n) is 1.89. The second kappa shape index (κ2) is 4.18. The van der Waals surface area contributed by atoms with Crippen molar-refractivity contribution in [1.29, 1.82) is 0 Å². The topological polar surface area (TPSA) is 80.7 Å². The van der Waals surface area contributed by atoms with Gasteiger partial charge in [0.2, 0.25) is 0 Å². The van der Waals surface area contributed by atoms with Crippen LogP contribution in [0.15, 0.2) is 18.2 Å². The molecule has 0 fully saturated rings. The van der Waals surface area contributed by atoms with Gasteiger partial charge in [0.15, 0.2) is 4.77 Å². The molecular weight excluding hydrogens is 232 g/mol. The molecule has 4 nitrogen and oxygen atoms in total. The van der Waals surface area contributed by atoms with E-state index in [0.717, 1.165) is 16.7 Å². The minimum absolute atomic E-state index is 0.300. The highest BCUT2D eigenvalue weighted by Crippen LogP contribution is 2.31. The number of H-pyrrole nitrogens is 1. The van der Waals surface area contributed by atoms with Crippen molar-refractivity contribution < 1.29 is 0 Å². The van der Waals surface area contributed by atoms with Crippen molar-refractivity contribution >= 4 is 23.9 Å². The largest absolute Gasteiger partial charge is 0.385 e. The number of anilines is 2. The number of nitrogen functional groups attached to an aromatic ring is 2. The van der Waals surface area contributed by atoms with Crippen molar-refractivity contribution in [2.45, 2.75) is 13.8 Å². The molecule has 0 spiro atoms. The summed E-state index contributed by atoms with van der Waals surface area (Å²) in [5.41, 5.74) is 15.8. The number of hydrogen-bond acceptors (Lipinski definition) is 4. The van der Waals surface area contributed by atoms with Crippen molar-refractivity contribution in [1.82, 2.24) is 9.97 Å². The van der Waals surface area contributed by atoms with Gasteiger partial charge in [-0.05, 0) is 37.2 Å². The molecule has 5 heteroatoms. The van der Waals surface area contributed by atoms with Crippen LogP contribution in [-0.4, -0.2) is 9.97 Å². The fourth-order valence-corrected chi connectivity index (χ4v) is 2.09. The summed E-state index contributed by atoms with van der Waals surface area (Å²) >= 11 is 4.92. The Kier molecular flexibility index (Phi) is 2.85. The third kappa shape index (κ3) is 2.14. The van der Waals surface area contributed by atoms with Crippen molar-refractivity contribution in [3.63, 3.8) is 0 Å². The Morgan fingerprint density at radius 1 is 1.24 bits per heavy atom. The van der Waals surface area contributed by atoms with E-state index in [-0.39, 0.29) is 0 Å². The van der Waals surface area contributed by atoms with Gasteiger partial charge in [0.05, 0.1) is 5.56 Å². The summed E-state index contributed by atoms with van der Waals surface area (Å²) in [6, 6.07) is 6.09. The Morgan fingerprint density at radius 2 is 1.94 bits per heavy atom. The minimum Gasteiger partial charge on any atom is -0.385 e. The van der Waals surface area contributed by atoms with E-state index in [1.165, 1.54) is 5.56 Å². The zero-order valence-corrected chi connectivity index (χ0v) is 10.6. The smallest absolute Gasteiger partial charge is 0.200 e. The molecule has 0 unspecified atom stereocenters. The lowest BCUT2D eigenvalue weighted by molar-refractivity contribution is 1.15. The third-order valence-corrected chi connectivity index (χ3v) is 2.83. The third-order valence-electron chi connectivity index (χ3n) is 2.64. The number of nitrogens with two attached hydrogens (primary N) is 2. The molecule has 0 atom stereocenters. The second-order valence-corrected chi connectivity index (χ2v) is 4.42. The van der Waals surface area contributed by atoms with Gasteiger partial charge in [0.25, 0.3) is 0 Å². The zero-order valence-electron chi connectivity index (χ0n) is 9.74. The zero-order chi connectivity index (χ0) is 12.6. The van der Waals surface area contributed by atoms with E-state index in [9.17, 15) is 0 Å². The first-order valence-electron chi connectivity index (χ1n) is 5.22. The predicted molar refractivity (Wildman–Crippen MR) is 73.2 cm³/mol. The van der Waals surface area contributed by atoms with Crippen LogP contribution in [0.4, 0.5) is 11.6 Å². The maximum atomic E-state index is 5.92. The van der Waals surface area contributed by atoms with Crippen molar-refractivity contribution in [3.05, 3.63) is 34.1 Å². The molecule has 1 heterocycles. The quantitative estimate of drug-likeness (QED) is 0.675. The summed E-state index contributed by atoms with van der Waals surface area (Å²) in [4.78, 5) is 6.85. The van der Waals surface area contributed by atoms with E-state index >= 15 is 0 Å².